The van der Waals surface area contributed by atoms with Crippen LogP contribution in [-0.2, 0) is 4.79 Å². The van der Waals surface area contributed by atoms with Crippen LogP contribution in [0.5, 0.6) is 11.5 Å². The number of pyridine rings is 1. The summed E-state index contributed by atoms with van der Waals surface area (Å²) in [6.07, 6.45) is 4.49. The Labute approximate surface area is 184 Å². The van der Waals surface area contributed by atoms with Crippen LogP contribution in [0.25, 0.3) is 6.08 Å². The maximum absolute atomic E-state index is 12.5. The number of aromatic nitrogens is 1. The molecule has 0 aliphatic carbocycles. The molecule has 0 aliphatic heterocycles. The molecule has 0 unspecified atom stereocenters. The lowest BCUT2D eigenvalue weighted by molar-refractivity contribution is -0.111. The first-order valence-electron chi connectivity index (χ1n) is 9.17. The third kappa shape index (κ3) is 5.53. The topological polar surface area (TPSA) is 96.3 Å². The predicted molar refractivity (Wildman–Crippen MR) is 121 cm³/mol. The molecule has 0 fully saturated rings. The summed E-state index contributed by atoms with van der Waals surface area (Å²) in [6, 6.07) is 15.8. The van der Waals surface area contributed by atoms with Gasteiger partial charge in [0.15, 0.2) is 11.5 Å². The van der Waals surface area contributed by atoms with Crippen molar-refractivity contribution in [3.05, 3.63) is 77.0 Å². The highest BCUT2D eigenvalue weighted by atomic mass is 35.5. The molecule has 2 aromatic carbocycles. The van der Waals surface area contributed by atoms with Crippen LogP contribution in [0.4, 0.5) is 17.2 Å². The van der Waals surface area contributed by atoms with E-state index in [-0.39, 0.29) is 5.91 Å². The minimum absolute atomic E-state index is 0.344. The number of rotatable bonds is 7. The van der Waals surface area contributed by atoms with E-state index in [9.17, 15) is 4.79 Å². The van der Waals surface area contributed by atoms with Crippen LogP contribution >= 0.6 is 11.6 Å². The minimum Gasteiger partial charge on any atom is -0.493 e. The second kappa shape index (κ2) is 10.1. The van der Waals surface area contributed by atoms with E-state index in [0.717, 1.165) is 0 Å². The molecule has 0 saturated carbocycles. The molecule has 0 spiro atoms. The molecule has 31 heavy (non-hydrogen) atoms. The monoisotopic (exact) mass is 434 g/mol. The Kier molecular flexibility index (Phi) is 7.09. The number of hydrogen-bond acceptors (Lipinski definition) is 6. The minimum atomic E-state index is -0.344. The number of benzene rings is 2. The van der Waals surface area contributed by atoms with Gasteiger partial charge in [-0.25, -0.2) is 4.98 Å². The summed E-state index contributed by atoms with van der Waals surface area (Å²) in [6.45, 7) is 0. The molecule has 1 amide bonds. The van der Waals surface area contributed by atoms with Crippen LogP contribution in [0.1, 0.15) is 11.1 Å². The lowest BCUT2D eigenvalue weighted by Gasteiger charge is -2.13. The molecule has 0 saturated heterocycles. The molecular formula is C23H19ClN4O3. The van der Waals surface area contributed by atoms with Gasteiger partial charge in [0, 0.05) is 22.9 Å². The van der Waals surface area contributed by atoms with Crippen molar-refractivity contribution in [3.63, 3.8) is 0 Å². The van der Waals surface area contributed by atoms with Crippen molar-refractivity contribution in [2.45, 2.75) is 0 Å². The Morgan fingerprint density at radius 2 is 1.97 bits per heavy atom. The van der Waals surface area contributed by atoms with Crippen LogP contribution in [0.15, 0.2) is 60.8 Å². The number of anilines is 3. The quantitative estimate of drug-likeness (QED) is 0.507. The summed E-state index contributed by atoms with van der Waals surface area (Å²) in [7, 11) is 3.09. The Bertz CT molecular complexity index is 1150. The maximum Gasteiger partial charge on any atom is 0.248 e. The smallest absolute Gasteiger partial charge is 0.248 e. The van der Waals surface area contributed by atoms with E-state index in [1.807, 2.05) is 18.2 Å². The Morgan fingerprint density at radius 1 is 1.13 bits per heavy atom. The van der Waals surface area contributed by atoms with Crippen molar-refractivity contribution < 1.29 is 14.3 Å². The van der Waals surface area contributed by atoms with Crippen molar-refractivity contribution in [2.24, 2.45) is 0 Å². The van der Waals surface area contributed by atoms with Gasteiger partial charge < -0.3 is 20.1 Å². The number of carbonyl (C=O) groups excluding carboxylic acids is 1. The first-order valence-corrected chi connectivity index (χ1v) is 9.54. The highest BCUT2D eigenvalue weighted by Gasteiger charge is 2.10. The molecule has 3 rings (SSSR count). The largest absolute Gasteiger partial charge is 0.493 e. The molecular weight excluding hydrogens is 416 g/mol. The van der Waals surface area contributed by atoms with Gasteiger partial charge >= 0.3 is 0 Å². The fourth-order valence-electron chi connectivity index (χ4n) is 2.78. The number of nitrogens with one attached hydrogen (secondary N) is 2. The van der Waals surface area contributed by atoms with E-state index in [1.54, 1.807) is 49.6 Å². The fraction of sp³-hybridized carbons (Fsp3) is 0.0870. The van der Waals surface area contributed by atoms with Gasteiger partial charge in [0.2, 0.25) is 5.91 Å². The number of nitriles is 1. The zero-order valence-corrected chi connectivity index (χ0v) is 17.6. The van der Waals surface area contributed by atoms with Gasteiger partial charge in [-0.3, -0.25) is 4.79 Å². The molecule has 0 atom stereocenters. The Hall–Kier alpha value is -4.02. The standard InChI is InChI=1S/C23H19ClN4O3/c1-30-20-5-3-4-16(23(20)31-2)7-11-22(29)28-18-9-8-17(24)12-19(18)27-21-10-6-15(13-25)14-26-21/h3-12,14H,1-2H3,(H,26,27)(H,28,29). The van der Waals surface area contributed by atoms with Gasteiger partial charge in [0.05, 0.1) is 31.2 Å². The molecule has 1 aromatic heterocycles. The second-order valence-corrected chi connectivity index (χ2v) is 6.70. The highest BCUT2D eigenvalue weighted by Crippen LogP contribution is 2.32. The molecule has 0 aliphatic rings. The number of amides is 1. The Morgan fingerprint density at radius 3 is 2.65 bits per heavy atom. The highest BCUT2D eigenvalue weighted by molar-refractivity contribution is 6.31. The molecule has 156 valence electrons. The number of para-hydroxylation sites is 1. The van der Waals surface area contributed by atoms with Crippen molar-refractivity contribution in [3.8, 4) is 17.6 Å². The summed E-state index contributed by atoms with van der Waals surface area (Å²) >= 11 is 6.11. The third-order valence-corrected chi connectivity index (χ3v) is 4.48. The van der Waals surface area contributed by atoms with Gasteiger partial charge in [-0.1, -0.05) is 23.7 Å². The molecule has 0 radical (unpaired) electrons. The summed E-state index contributed by atoms with van der Waals surface area (Å²) in [5.74, 6) is 1.27. The van der Waals surface area contributed by atoms with Crippen molar-refractivity contribution in [2.75, 3.05) is 24.9 Å². The first-order chi connectivity index (χ1) is 15.0. The molecule has 7 nitrogen and oxygen atoms in total. The molecule has 0 bridgehead atoms. The molecule has 1 heterocycles. The molecule has 2 N–H and O–H groups in total. The SMILES string of the molecule is COc1cccc(C=CC(=O)Nc2ccc(Cl)cc2Nc2ccc(C#N)cn2)c1OC. The molecule has 8 heteroatoms. The van der Waals surface area contributed by atoms with Crippen LogP contribution < -0.4 is 20.1 Å². The van der Waals surface area contributed by atoms with E-state index in [2.05, 4.69) is 15.6 Å². The zero-order valence-electron chi connectivity index (χ0n) is 16.8. The molecule has 3 aromatic rings. The number of ether oxygens (including phenoxy) is 2. The summed E-state index contributed by atoms with van der Waals surface area (Å²) in [5.41, 5.74) is 2.23. The third-order valence-electron chi connectivity index (χ3n) is 4.24. The van der Waals surface area contributed by atoms with E-state index >= 15 is 0 Å². The Balaban J connectivity index is 1.79. The summed E-state index contributed by atoms with van der Waals surface area (Å²) in [5, 5.41) is 15.3. The van der Waals surface area contributed by atoms with Gasteiger partial charge in [0.1, 0.15) is 11.9 Å². The van der Waals surface area contributed by atoms with Crippen LogP contribution in [0.3, 0.4) is 0 Å². The lowest BCUT2D eigenvalue weighted by atomic mass is 10.1. The predicted octanol–water partition coefficient (Wildman–Crippen LogP) is 5.02. The van der Waals surface area contributed by atoms with E-state index in [1.165, 1.54) is 19.4 Å². The van der Waals surface area contributed by atoms with E-state index in [4.69, 9.17) is 26.3 Å². The number of carbonyl (C=O) groups is 1. The lowest BCUT2D eigenvalue weighted by Crippen LogP contribution is -2.10. The van der Waals surface area contributed by atoms with Gasteiger partial charge in [0.25, 0.3) is 0 Å². The summed E-state index contributed by atoms with van der Waals surface area (Å²) < 4.78 is 10.6. The number of halogens is 1. The average Bonchev–Trinajstić information content (AvgIpc) is 2.79. The zero-order chi connectivity index (χ0) is 22.2. The first kappa shape index (κ1) is 21.7. The van der Waals surface area contributed by atoms with Gasteiger partial charge in [-0.15, -0.1) is 0 Å². The van der Waals surface area contributed by atoms with Crippen LogP contribution in [0.2, 0.25) is 5.02 Å². The van der Waals surface area contributed by atoms with Crippen molar-refractivity contribution >= 4 is 40.8 Å². The maximum atomic E-state index is 12.5. The van der Waals surface area contributed by atoms with Gasteiger partial charge in [-0.2, -0.15) is 5.26 Å². The number of hydrogen-bond donors (Lipinski definition) is 2. The van der Waals surface area contributed by atoms with E-state index in [0.29, 0.717) is 44.8 Å². The van der Waals surface area contributed by atoms with Crippen molar-refractivity contribution in [1.29, 1.82) is 5.26 Å². The van der Waals surface area contributed by atoms with Crippen molar-refractivity contribution in [1.82, 2.24) is 4.98 Å². The normalized spacial score (nSPS) is 10.4. The van der Waals surface area contributed by atoms with Crippen LogP contribution in [-0.4, -0.2) is 25.1 Å². The summed E-state index contributed by atoms with van der Waals surface area (Å²) in [4.78, 5) is 16.7. The fourth-order valence-corrected chi connectivity index (χ4v) is 2.96. The second-order valence-electron chi connectivity index (χ2n) is 6.26. The average molecular weight is 435 g/mol. The van der Waals surface area contributed by atoms with Crippen LogP contribution in [0, 0.1) is 11.3 Å². The number of nitrogens with zero attached hydrogens (tertiary/aromatic N) is 2. The van der Waals surface area contributed by atoms with Gasteiger partial charge in [-0.05, 0) is 42.5 Å². The number of methoxy groups -OCH3 is 2. The van der Waals surface area contributed by atoms with E-state index < -0.39 is 0 Å².